The van der Waals surface area contributed by atoms with Crippen LogP contribution in [-0.4, -0.2) is 6.71 Å². The maximum Gasteiger partial charge on any atom is 0.139 e. The Morgan fingerprint density at radius 1 is 0.889 bits per heavy atom. The maximum absolute atomic E-state index is 2.30. The average molecular weight is 126 g/mol. The van der Waals surface area contributed by atoms with Crippen LogP contribution in [0.25, 0.3) is 0 Å². The average Bonchev–Trinajstić information content (AvgIpc) is 1.88. The minimum absolute atomic E-state index is 1.01. The Morgan fingerprint density at radius 2 is 1.33 bits per heavy atom. The molecule has 0 unspecified atom stereocenters. The van der Waals surface area contributed by atoms with Crippen LogP contribution in [0.3, 0.4) is 0 Å². The Morgan fingerprint density at radius 3 is 1.56 bits per heavy atom. The molecule has 0 aliphatic carbocycles. The van der Waals surface area contributed by atoms with E-state index < -0.39 is 0 Å². The van der Waals surface area contributed by atoms with Crippen molar-refractivity contribution in [3.8, 4) is 0 Å². The van der Waals surface area contributed by atoms with Gasteiger partial charge in [0, 0.05) is 0 Å². The summed E-state index contributed by atoms with van der Waals surface area (Å²) in [6.07, 6.45) is 6.97. The normalized spacial score (nSPS) is 9.67. The van der Waals surface area contributed by atoms with Crippen molar-refractivity contribution < 1.29 is 0 Å². The molecule has 0 N–H and O–H groups in total. The van der Waals surface area contributed by atoms with Gasteiger partial charge in [-0.15, -0.1) is 0 Å². The third-order valence-electron chi connectivity index (χ3n) is 1.97. The summed E-state index contributed by atoms with van der Waals surface area (Å²) in [5.74, 6) is 0. The SMILES string of the molecule is CCCB(CC)CCC. The molecule has 0 saturated heterocycles. The lowest BCUT2D eigenvalue weighted by Crippen LogP contribution is -2.08. The third kappa shape index (κ3) is 4.56. The van der Waals surface area contributed by atoms with Crippen LogP contribution in [0.5, 0.6) is 0 Å². The van der Waals surface area contributed by atoms with E-state index in [1.165, 1.54) is 31.8 Å². The van der Waals surface area contributed by atoms with E-state index in [1.54, 1.807) is 0 Å². The maximum atomic E-state index is 2.30. The molecule has 0 saturated carbocycles. The lowest BCUT2D eigenvalue weighted by Gasteiger charge is -2.06. The Labute approximate surface area is 60.1 Å². The van der Waals surface area contributed by atoms with Crippen molar-refractivity contribution in [2.24, 2.45) is 0 Å². The van der Waals surface area contributed by atoms with Gasteiger partial charge in [0.05, 0.1) is 0 Å². The van der Waals surface area contributed by atoms with Crippen LogP contribution in [0.2, 0.25) is 19.0 Å². The smallest absolute Gasteiger partial charge is 0.0770 e. The van der Waals surface area contributed by atoms with Gasteiger partial charge in [-0.2, -0.15) is 0 Å². The molecular formula is C8H19B. The molecule has 0 aromatic carbocycles. The van der Waals surface area contributed by atoms with Crippen molar-refractivity contribution in [1.29, 1.82) is 0 Å². The molecule has 9 heavy (non-hydrogen) atoms. The van der Waals surface area contributed by atoms with E-state index in [0.29, 0.717) is 0 Å². The molecule has 0 bridgehead atoms. The molecule has 0 spiro atoms. The molecule has 1 heteroatoms. The first-order valence-corrected chi connectivity index (χ1v) is 4.35. The number of hydrogen-bond acceptors (Lipinski definition) is 0. The summed E-state index contributed by atoms with van der Waals surface area (Å²) in [6.45, 7) is 7.87. The van der Waals surface area contributed by atoms with Crippen molar-refractivity contribution in [2.75, 3.05) is 0 Å². The molecule has 0 aliphatic rings. The summed E-state index contributed by atoms with van der Waals surface area (Å²) < 4.78 is 0. The quantitative estimate of drug-likeness (QED) is 0.495. The Balaban J connectivity index is 3.18. The van der Waals surface area contributed by atoms with Crippen LogP contribution < -0.4 is 0 Å². The molecule has 0 heterocycles. The molecule has 0 fully saturated rings. The molecule has 0 amide bonds. The van der Waals surface area contributed by atoms with Gasteiger partial charge in [-0.25, -0.2) is 0 Å². The standard InChI is InChI=1S/C8H19B/c1-4-7-9(6-3)8-5-2/h4-8H2,1-3H3. The fraction of sp³-hybridized carbons (Fsp3) is 1.00. The topological polar surface area (TPSA) is 0 Å². The predicted octanol–water partition coefficient (Wildman–Crippen LogP) is 3.32. The zero-order valence-corrected chi connectivity index (χ0v) is 7.11. The predicted molar refractivity (Wildman–Crippen MR) is 46.4 cm³/mol. The summed E-state index contributed by atoms with van der Waals surface area (Å²) in [5, 5.41) is 0. The van der Waals surface area contributed by atoms with E-state index in [-0.39, 0.29) is 0 Å². The van der Waals surface area contributed by atoms with Crippen LogP contribution in [0, 0.1) is 0 Å². The van der Waals surface area contributed by atoms with Gasteiger partial charge >= 0.3 is 0 Å². The minimum Gasteiger partial charge on any atom is -0.0770 e. The summed E-state index contributed by atoms with van der Waals surface area (Å²) in [5.41, 5.74) is 0. The van der Waals surface area contributed by atoms with E-state index in [1.807, 2.05) is 0 Å². The van der Waals surface area contributed by atoms with Crippen molar-refractivity contribution in [1.82, 2.24) is 0 Å². The summed E-state index contributed by atoms with van der Waals surface area (Å²) in [6, 6.07) is 0. The second kappa shape index (κ2) is 6.19. The first kappa shape index (κ1) is 9.06. The fourth-order valence-electron chi connectivity index (χ4n) is 1.37. The Kier molecular flexibility index (Phi) is 6.23. The van der Waals surface area contributed by atoms with Crippen molar-refractivity contribution >= 4 is 6.71 Å². The first-order chi connectivity index (χ1) is 4.35. The highest BCUT2D eigenvalue weighted by Crippen LogP contribution is 2.09. The molecule has 0 aromatic heterocycles. The number of hydrogen-bond donors (Lipinski definition) is 0. The molecule has 54 valence electrons. The van der Waals surface area contributed by atoms with Gasteiger partial charge in [0.1, 0.15) is 6.71 Å². The van der Waals surface area contributed by atoms with Gasteiger partial charge in [-0.3, -0.25) is 0 Å². The highest BCUT2D eigenvalue weighted by molar-refractivity contribution is 6.58. The summed E-state index contributed by atoms with van der Waals surface area (Å²) in [4.78, 5) is 0. The lowest BCUT2D eigenvalue weighted by molar-refractivity contribution is 0.992. The van der Waals surface area contributed by atoms with E-state index in [9.17, 15) is 0 Å². The van der Waals surface area contributed by atoms with Gasteiger partial charge in [0.25, 0.3) is 0 Å². The molecular weight excluding hydrogens is 107 g/mol. The van der Waals surface area contributed by atoms with Crippen LogP contribution in [0.15, 0.2) is 0 Å². The zero-order valence-electron chi connectivity index (χ0n) is 7.11. The van der Waals surface area contributed by atoms with E-state index >= 15 is 0 Å². The van der Waals surface area contributed by atoms with Crippen molar-refractivity contribution in [3.05, 3.63) is 0 Å². The van der Waals surface area contributed by atoms with Gasteiger partial charge in [0.2, 0.25) is 0 Å². The van der Waals surface area contributed by atoms with Crippen molar-refractivity contribution in [3.63, 3.8) is 0 Å². The third-order valence-corrected chi connectivity index (χ3v) is 1.97. The van der Waals surface area contributed by atoms with Gasteiger partial charge in [-0.05, 0) is 0 Å². The molecule has 0 aliphatic heterocycles. The monoisotopic (exact) mass is 126 g/mol. The second-order valence-electron chi connectivity index (χ2n) is 2.85. The van der Waals surface area contributed by atoms with Crippen LogP contribution >= 0.6 is 0 Å². The Hall–Kier alpha value is 0.0649. The van der Waals surface area contributed by atoms with Gasteiger partial charge in [-0.1, -0.05) is 52.6 Å². The van der Waals surface area contributed by atoms with Crippen LogP contribution in [0.4, 0.5) is 0 Å². The first-order valence-electron chi connectivity index (χ1n) is 4.35. The Bertz CT molecular complexity index is 46.5. The highest BCUT2D eigenvalue weighted by Gasteiger charge is 2.06. The molecule has 0 nitrogen and oxygen atoms in total. The molecule has 0 rings (SSSR count). The number of rotatable bonds is 5. The van der Waals surface area contributed by atoms with Crippen LogP contribution in [-0.2, 0) is 0 Å². The molecule has 0 atom stereocenters. The lowest BCUT2D eigenvalue weighted by atomic mass is 9.42. The van der Waals surface area contributed by atoms with E-state index in [2.05, 4.69) is 20.8 Å². The molecule has 0 aromatic rings. The largest absolute Gasteiger partial charge is 0.139 e. The van der Waals surface area contributed by atoms with Gasteiger partial charge in [0.15, 0.2) is 0 Å². The summed E-state index contributed by atoms with van der Waals surface area (Å²) in [7, 11) is 0. The van der Waals surface area contributed by atoms with Gasteiger partial charge < -0.3 is 0 Å². The second-order valence-corrected chi connectivity index (χ2v) is 2.85. The van der Waals surface area contributed by atoms with Crippen LogP contribution in [0.1, 0.15) is 33.6 Å². The summed E-state index contributed by atoms with van der Waals surface area (Å²) >= 11 is 0. The zero-order chi connectivity index (χ0) is 7.11. The van der Waals surface area contributed by atoms with E-state index in [0.717, 1.165) is 6.71 Å². The van der Waals surface area contributed by atoms with E-state index in [4.69, 9.17) is 0 Å². The molecule has 0 radical (unpaired) electrons. The highest BCUT2D eigenvalue weighted by atomic mass is 13.8. The van der Waals surface area contributed by atoms with Crippen molar-refractivity contribution in [2.45, 2.75) is 52.6 Å². The fourth-order valence-corrected chi connectivity index (χ4v) is 1.37. The minimum atomic E-state index is 1.01.